The summed E-state index contributed by atoms with van der Waals surface area (Å²) in [5.74, 6) is -0.688. The Bertz CT molecular complexity index is 433. The maximum atomic E-state index is 13.0. The van der Waals surface area contributed by atoms with Crippen LogP contribution < -0.4 is 0 Å². The normalized spacial score (nSPS) is 12.9. The first kappa shape index (κ1) is 15.2. The lowest BCUT2D eigenvalue weighted by atomic mass is 10.1. The van der Waals surface area contributed by atoms with E-state index in [2.05, 4.69) is 9.57 Å². The molecule has 0 fully saturated rings. The number of hydroxylamine groups is 2. The molecule has 1 unspecified atom stereocenters. The van der Waals surface area contributed by atoms with E-state index in [0.717, 1.165) is 38.5 Å². The molecule has 1 atom stereocenters. The Morgan fingerprint density at radius 3 is 2.11 bits per heavy atom. The number of ether oxygens (including phenoxy) is 1. The van der Waals surface area contributed by atoms with Gasteiger partial charge in [-0.3, -0.25) is 4.84 Å². The summed E-state index contributed by atoms with van der Waals surface area (Å²) in [6.07, 6.45) is -6.11. The van der Waals surface area contributed by atoms with Crippen LogP contribution >= 0.6 is 0 Å². The Morgan fingerprint density at radius 2 is 1.74 bits per heavy atom. The number of nitrogens with zero attached hydrogens (tertiary/aromatic N) is 1. The van der Waals surface area contributed by atoms with Gasteiger partial charge in [0.2, 0.25) is 0 Å². The van der Waals surface area contributed by atoms with E-state index in [1.54, 1.807) is 0 Å². The zero-order chi connectivity index (χ0) is 14.6. The highest BCUT2D eigenvalue weighted by atomic mass is 19.4. The van der Waals surface area contributed by atoms with Crippen molar-refractivity contribution in [3.8, 4) is 0 Å². The molecule has 0 aliphatic heterocycles. The van der Waals surface area contributed by atoms with Crippen molar-refractivity contribution in [1.82, 2.24) is 5.06 Å². The molecular formula is C11H11F4NO3. The highest BCUT2D eigenvalue weighted by Gasteiger charge is 2.48. The second-order valence-electron chi connectivity index (χ2n) is 3.47. The minimum Gasteiger partial charge on any atom is -0.451 e. The number of hydrogen-bond acceptors (Lipinski definition) is 3. The summed E-state index contributed by atoms with van der Waals surface area (Å²) in [6.45, 7) is 0. The van der Waals surface area contributed by atoms with Crippen molar-refractivity contribution < 1.29 is 31.9 Å². The topological polar surface area (TPSA) is 38.8 Å². The van der Waals surface area contributed by atoms with Crippen LogP contribution in [0.5, 0.6) is 0 Å². The quantitative estimate of drug-likeness (QED) is 0.631. The fourth-order valence-corrected chi connectivity index (χ4v) is 1.48. The molecule has 4 nitrogen and oxygen atoms in total. The molecule has 0 bridgehead atoms. The maximum Gasteiger partial charge on any atom is 0.434 e. The van der Waals surface area contributed by atoms with E-state index in [1.165, 1.54) is 0 Å². The van der Waals surface area contributed by atoms with E-state index in [-0.39, 0.29) is 10.6 Å². The van der Waals surface area contributed by atoms with Gasteiger partial charge < -0.3 is 4.74 Å². The van der Waals surface area contributed by atoms with Crippen molar-refractivity contribution in [2.75, 3.05) is 14.2 Å². The first-order chi connectivity index (χ1) is 8.81. The molecule has 0 spiro atoms. The number of carbonyl (C=O) groups is 1. The van der Waals surface area contributed by atoms with Crippen LogP contribution in [0.2, 0.25) is 0 Å². The van der Waals surface area contributed by atoms with Crippen LogP contribution in [-0.4, -0.2) is 31.6 Å². The monoisotopic (exact) mass is 281 g/mol. The molecule has 0 heterocycles. The molecule has 8 heteroatoms. The number of halogens is 4. The minimum atomic E-state index is -4.80. The third-order valence-corrected chi connectivity index (χ3v) is 2.28. The number of amides is 1. The fraction of sp³-hybridized carbons (Fsp3) is 0.364. The van der Waals surface area contributed by atoms with Crippen LogP contribution in [0, 0.1) is 5.82 Å². The van der Waals surface area contributed by atoms with E-state index < -0.39 is 24.1 Å². The van der Waals surface area contributed by atoms with Gasteiger partial charge in [-0.1, -0.05) is 12.1 Å². The molecule has 106 valence electrons. The molecule has 1 aromatic carbocycles. The van der Waals surface area contributed by atoms with Crippen LogP contribution in [0.15, 0.2) is 24.3 Å². The van der Waals surface area contributed by atoms with Gasteiger partial charge in [0.25, 0.3) is 0 Å². The van der Waals surface area contributed by atoms with Gasteiger partial charge >= 0.3 is 12.3 Å². The maximum absolute atomic E-state index is 13.0. The van der Waals surface area contributed by atoms with Crippen molar-refractivity contribution in [3.05, 3.63) is 35.6 Å². The highest BCUT2D eigenvalue weighted by Crippen LogP contribution is 2.38. The van der Waals surface area contributed by atoms with Gasteiger partial charge in [0, 0.05) is 0 Å². The summed E-state index contributed by atoms with van der Waals surface area (Å²) in [5, 5.41) is 0.0350. The third kappa shape index (κ3) is 3.57. The first-order valence-corrected chi connectivity index (χ1v) is 5.04. The smallest absolute Gasteiger partial charge is 0.434 e. The van der Waals surface area contributed by atoms with Gasteiger partial charge in [-0.2, -0.15) is 18.2 Å². The summed E-state index contributed by atoms with van der Waals surface area (Å²) < 4.78 is 56.0. The number of benzene rings is 1. The Labute approximate surface area is 106 Å². The molecule has 0 aliphatic carbocycles. The molecule has 1 aromatic rings. The Kier molecular flexibility index (Phi) is 4.71. The lowest BCUT2D eigenvalue weighted by molar-refractivity contribution is -0.249. The zero-order valence-electron chi connectivity index (χ0n) is 10.1. The lowest BCUT2D eigenvalue weighted by Gasteiger charge is -2.29. The van der Waals surface area contributed by atoms with Gasteiger partial charge in [-0.05, 0) is 17.7 Å². The van der Waals surface area contributed by atoms with Crippen LogP contribution in [0.1, 0.15) is 11.6 Å². The molecular weight excluding hydrogens is 270 g/mol. The summed E-state index contributed by atoms with van der Waals surface area (Å²) >= 11 is 0. The molecule has 0 saturated carbocycles. The number of methoxy groups -OCH3 is 1. The van der Waals surface area contributed by atoms with E-state index in [0.29, 0.717) is 0 Å². The molecule has 1 rings (SSSR count). The molecule has 19 heavy (non-hydrogen) atoms. The molecule has 0 saturated heterocycles. The predicted octanol–water partition coefficient (Wildman–Crippen LogP) is 3.06. The van der Waals surface area contributed by atoms with Crippen LogP contribution in [0.4, 0.5) is 22.4 Å². The van der Waals surface area contributed by atoms with Gasteiger partial charge in [-0.15, -0.1) is 0 Å². The third-order valence-electron chi connectivity index (χ3n) is 2.28. The fourth-order valence-electron chi connectivity index (χ4n) is 1.48. The van der Waals surface area contributed by atoms with Crippen molar-refractivity contribution in [3.63, 3.8) is 0 Å². The molecule has 0 radical (unpaired) electrons. The highest BCUT2D eigenvalue weighted by molar-refractivity contribution is 5.67. The standard InChI is InChI=1S/C11H11F4NO3/c1-18-10(17)16(19-2)9(11(13,14)15)7-3-5-8(12)6-4-7/h3-6,9H,1-2H3. The molecule has 1 amide bonds. The largest absolute Gasteiger partial charge is 0.451 e. The van der Waals surface area contributed by atoms with Crippen LogP contribution in [0.25, 0.3) is 0 Å². The van der Waals surface area contributed by atoms with Crippen molar-refractivity contribution in [2.24, 2.45) is 0 Å². The lowest BCUT2D eigenvalue weighted by Crippen LogP contribution is -2.41. The van der Waals surface area contributed by atoms with E-state index >= 15 is 0 Å². The Morgan fingerprint density at radius 1 is 1.21 bits per heavy atom. The zero-order valence-corrected chi connectivity index (χ0v) is 10.1. The summed E-state index contributed by atoms with van der Waals surface area (Å²) in [7, 11) is 1.83. The average Bonchev–Trinajstić information content (AvgIpc) is 2.35. The molecule has 0 aromatic heterocycles. The molecule has 0 N–H and O–H groups in total. The Balaban J connectivity index is 3.21. The van der Waals surface area contributed by atoms with Crippen molar-refractivity contribution >= 4 is 6.09 Å². The van der Waals surface area contributed by atoms with Gasteiger partial charge in [0.05, 0.1) is 14.2 Å². The molecule has 0 aliphatic rings. The van der Waals surface area contributed by atoms with E-state index in [9.17, 15) is 22.4 Å². The van der Waals surface area contributed by atoms with Crippen molar-refractivity contribution in [2.45, 2.75) is 12.2 Å². The number of alkyl halides is 3. The van der Waals surface area contributed by atoms with E-state index in [1.807, 2.05) is 0 Å². The second-order valence-corrected chi connectivity index (χ2v) is 3.47. The second kappa shape index (κ2) is 5.87. The number of hydrogen-bond donors (Lipinski definition) is 0. The van der Waals surface area contributed by atoms with E-state index in [4.69, 9.17) is 0 Å². The Hall–Kier alpha value is -1.83. The van der Waals surface area contributed by atoms with Gasteiger partial charge in [0.15, 0.2) is 6.04 Å². The minimum absolute atomic E-state index is 0.0350. The van der Waals surface area contributed by atoms with Crippen LogP contribution in [0.3, 0.4) is 0 Å². The van der Waals surface area contributed by atoms with Gasteiger partial charge in [0.1, 0.15) is 5.82 Å². The summed E-state index contributed by atoms with van der Waals surface area (Å²) in [5.41, 5.74) is -0.346. The van der Waals surface area contributed by atoms with Gasteiger partial charge in [-0.25, -0.2) is 9.18 Å². The SMILES string of the molecule is COC(=O)N(OC)C(c1ccc(F)cc1)C(F)(F)F. The average molecular weight is 281 g/mol. The predicted molar refractivity (Wildman–Crippen MR) is 56.4 cm³/mol. The van der Waals surface area contributed by atoms with Crippen molar-refractivity contribution in [1.29, 1.82) is 0 Å². The van der Waals surface area contributed by atoms with Crippen LogP contribution in [-0.2, 0) is 9.57 Å². The first-order valence-electron chi connectivity index (χ1n) is 5.04. The summed E-state index contributed by atoms with van der Waals surface area (Å²) in [6, 6.07) is 1.18. The number of carbonyl (C=O) groups excluding carboxylic acids is 1. The summed E-state index contributed by atoms with van der Waals surface area (Å²) in [4.78, 5) is 15.7. The number of rotatable bonds is 3.